The minimum Gasteiger partial charge on any atom is -0.324 e. The molecule has 1 aliphatic heterocycles. The zero-order chi connectivity index (χ0) is 26.6. The third-order valence-corrected chi connectivity index (χ3v) is 8.87. The molecule has 3 amide bonds. The fourth-order valence-electron chi connectivity index (χ4n) is 6.66. The Balaban J connectivity index is 1.38. The number of Topliss-reactive ketones (excluding diaryl/α,β-unsaturated/α-hetero) is 1. The van der Waals surface area contributed by atoms with Gasteiger partial charge in [-0.2, -0.15) is 11.8 Å². The summed E-state index contributed by atoms with van der Waals surface area (Å²) in [4.78, 5) is 55.0. The number of amides is 3. The van der Waals surface area contributed by atoms with E-state index in [1.807, 2.05) is 30.5 Å². The van der Waals surface area contributed by atoms with E-state index < -0.39 is 23.8 Å². The smallest absolute Gasteiger partial charge is 0.247 e. The van der Waals surface area contributed by atoms with Crippen molar-refractivity contribution in [3.8, 4) is 0 Å². The number of carbonyl (C=O) groups excluding carboxylic acids is 4. The summed E-state index contributed by atoms with van der Waals surface area (Å²) in [6, 6.07) is 22.0. The van der Waals surface area contributed by atoms with Crippen LogP contribution in [-0.4, -0.2) is 46.5 Å². The molecule has 3 aromatic carbocycles. The molecule has 4 aliphatic rings. The summed E-state index contributed by atoms with van der Waals surface area (Å²) in [5.41, 5.74) is 5.36. The SMILES string of the molecule is CSCC[C@@H](C(=O)Nc1cccc(C(C)=O)c1)N1C(=O)[C@@H]2C3c4ccccc4C(c4ccccc43)[C@@H]2C1=O. The number of nitrogens with one attached hydrogen (secondary N) is 1. The number of rotatable bonds is 7. The molecule has 7 heteroatoms. The number of nitrogens with zero attached hydrogens (tertiary/aromatic N) is 1. The first-order valence-corrected chi connectivity index (χ1v) is 14.3. The highest BCUT2D eigenvalue weighted by Crippen LogP contribution is 2.61. The number of anilines is 1. The number of hydrogen-bond donors (Lipinski definition) is 1. The lowest BCUT2D eigenvalue weighted by molar-refractivity contribution is -0.146. The zero-order valence-electron chi connectivity index (χ0n) is 21.2. The van der Waals surface area contributed by atoms with Crippen molar-refractivity contribution >= 4 is 41.0 Å². The lowest BCUT2D eigenvalue weighted by Crippen LogP contribution is -2.48. The van der Waals surface area contributed by atoms with Gasteiger partial charge in [0.2, 0.25) is 17.7 Å². The third-order valence-electron chi connectivity index (χ3n) is 8.23. The molecule has 0 unspecified atom stereocenters. The van der Waals surface area contributed by atoms with Crippen molar-refractivity contribution < 1.29 is 19.2 Å². The van der Waals surface area contributed by atoms with Gasteiger partial charge in [0.25, 0.3) is 0 Å². The van der Waals surface area contributed by atoms with Gasteiger partial charge < -0.3 is 5.32 Å². The van der Waals surface area contributed by atoms with Gasteiger partial charge in [0, 0.05) is 23.1 Å². The number of hydrogen-bond acceptors (Lipinski definition) is 5. The molecule has 0 aromatic heterocycles. The highest BCUT2D eigenvalue weighted by Gasteiger charge is 2.62. The van der Waals surface area contributed by atoms with Gasteiger partial charge in [-0.25, -0.2) is 0 Å². The minimum atomic E-state index is -0.931. The summed E-state index contributed by atoms with van der Waals surface area (Å²) in [5, 5.41) is 2.87. The van der Waals surface area contributed by atoms with Gasteiger partial charge in [0.05, 0.1) is 11.8 Å². The molecule has 3 aliphatic carbocycles. The Bertz CT molecular complexity index is 1370. The van der Waals surface area contributed by atoms with E-state index in [0.717, 1.165) is 22.3 Å². The Kier molecular flexibility index (Phi) is 6.19. The normalized spacial score (nSPS) is 23.5. The second kappa shape index (κ2) is 9.55. The van der Waals surface area contributed by atoms with Crippen LogP contribution in [0.2, 0.25) is 0 Å². The zero-order valence-corrected chi connectivity index (χ0v) is 22.0. The first kappa shape index (κ1) is 24.6. The monoisotopic (exact) mass is 524 g/mol. The topological polar surface area (TPSA) is 83.6 Å². The summed E-state index contributed by atoms with van der Waals surface area (Å²) in [7, 11) is 0. The summed E-state index contributed by atoms with van der Waals surface area (Å²) in [5.74, 6) is -1.91. The van der Waals surface area contributed by atoms with Crippen LogP contribution in [0.5, 0.6) is 0 Å². The molecule has 3 atom stereocenters. The molecule has 6 nitrogen and oxygen atoms in total. The van der Waals surface area contributed by atoms with Crippen LogP contribution in [0, 0.1) is 11.8 Å². The van der Waals surface area contributed by atoms with E-state index in [2.05, 4.69) is 29.6 Å². The average Bonchev–Trinajstić information content (AvgIpc) is 3.19. The van der Waals surface area contributed by atoms with Crippen LogP contribution in [-0.2, 0) is 14.4 Å². The fourth-order valence-corrected chi connectivity index (χ4v) is 7.11. The third kappa shape index (κ3) is 3.71. The quantitative estimate of drug-likeness (QED) is 0.353. The lowest BCUT2D eigenvalue weighted by Gasteiger charge is -2.45. The molecule has 1 N–H and O–H groups in total. The summed E-state index contributed by atoms with van der Waals surface area (Å²) in [6.45, 7) is 1.47. The van der Waals surface area contributed by atoms with E-state index in [9.17, 15) is 19.2 Å². The Morgan fingerprint density at radius 1 is 0.842 bits per heavy atom. The Morgan fingerprint density at radius 2 is 1.37 bits per heavy atom. The molecule has 2 bridgehead atoms. The van der Waals surface area contributed by atoms with E-state index in [4.69, 9.17) is 0 Å². The van der Waals surface area contributed by atoms with Crippen LogP contribution in [0.15, 0.2) is 72.8 Å². The number of likely N-dealkylation sites (tertiary alicyclic amines) is 1. The predicted octanol–water partition coefficient (Wildman–Crippen LogP) is 4.84. The van der Waals surface area contributed by atoms with Crippen molar-refractivity contribution in [1.29, 1.82) is 0 Å². The molecule has 3 aromatic rings. The van der Waals surface area contributed by atoms with E-state index in [1.165, 1.54) is 11.8 Å². The number of imide groups is 1. The van der Waals surface area contributed by atoms with Gasteiger partial charge in [-0.05, 0) is 59.7 Å². The summed E-state index contributed by atoms with van der Waals surface area (Å²) >= 11 is 1.57. The van der Waals surface area contributed by atoms with Crippen LogP contribution in [0.25, 0.3) is 0 Å². The second-order valence-electron chi connectivity index (χ2n) is 10.2. The maximum absolute atomic E-state index is 14.1. The molecule has 1 fully saturated rings. The van der Waals surface area contributed by atoms with Crippen molar-refractivity contribution in [3.05, 3.63) is 101 Å². The van der Waals surface area contributed by atoms with Crippen molar-refractivity contribution in [2.45, 2.75) is 31.2 Å². The maximum Gasteiger partial charge on any atom is 0.247 e. The van der Waals surface area contributed by atoms with Gasteiger partial charge in [0.15, 0.2) is 5.78 Å². The van der Waals surface area contributed by atoms with Gasteiger partial charge in [0.1, 0.15) is 6.04 Å². The lowest BCUT2D eigenvalue weighted by atomic mass is 9.55. The van der Waals surface area contributed by atoms with Crippen molar-refractivity contribution in [1.82, 2.24) is 4.90 Å². The van der Waals surface area contributed by atoms with Crippen LogP contribution in [0.3, 0.4) is 0 Å². The first-order chi connectivity index (χ1) is 18.4. The predicted molar refractivity (Wildman–Crippen MR) is 147 cm³/mol. The number of carbonyl (C=O) groups is 4. The Morgan fingerprint density at radius 3 is 1.84 bits per heavy atom. The number of ketones is 1. The summed E-state index contributed by atoms with van der Waals surface area (Å²) in [6.07, 6.45) is 2.29. The molecule has 1 heterocycles. The van der Waals surface area contributed by atoms with Gasteiger partial charge in [-0.3, -0.25) is 24.1 Å². The molecule has 7 rings (SSSR count). The van der Waals surface area contributed by atoms with Crippen LogP contribution in [0.4, 0.5) is 5.69 Å². The van der Waals surface area contributed by atoms with Crippen molar-refractivity contribution in [3.63, 3.8) is 0 Å². The fraction of sp³-hybridized carbons (Fsp3) is 0.290. The Labute approximate surface area is 225 Å². The van der Waals surface area contributed by atoms with E-state index >= 15 is 0 Å². The maximum atomic E-state index is 14.1. The van der Waals surface area contributed by atoms with E-state index in [1.54, 1.807) is 36.0 Å². The van der Waals surface area contributed by atoms with Gasteiger partial charge in [-0.1, -0.05) is 60.7 Å². The first-order valence-electron chi connectivity index (χ1n) is 12.9. The molecule has 0 spiro atoms. The Hall–Kier alpha value is -3.71. The second-order valence-corrected chi connectivity index (χ2v) is 11.2. The van der Waals surface area contributed by atoms with Gasteiger partial charge >= 0.3 is 0 Å². The molecular formula is C31H28N2O4S. The van der Waals surface area contributed by atoms with Crippen LogP contribution >= 0.6 is 11.8 Å². The van der Waals surface area contributed by atoms with E-state index in [-0.39, 0.29) is 29.4 Å². The highest BCUT2D eigenvalue weighted by molar-refractivity contribution is 7.98. The minimum absolute atomic E-state index is 0.108. The number of thioether (sulfide) groups is 1. The molecule has 1 saturated heterocycles. The largest absolute Gasteiger partial charge is 0.324 e. The van der Waals surface area contributed by atoms with E-state index in [0.29, 0.717) is 23.4 Å². The van der Waals surface area contributed by atoms with Crippen molar-refractivity contribution in [2.24, 2.45) is 11.8 Å². The van der Waals surface area contributed by atoms with Gasteiger partial charge in [-0.15, -0.1) is 0 Å². The molecular weight excluding hydrogens is 496 g/mol. The highest BCUT2D eigenvalue weighted by atomic mass is 32.2. The standard InChI is InChI=1S/C31H28N2O4S/c1-17(34)18-8-7-9-19(16-18)32-29(35)24(14-15-38-2)33-30(36)27-25-20-10-3-4-11-21(20)26(28(27)31(33)37)23-13-6-5-12-22(23)25/h3-13,16,24-28H,14-15H2,1-2H3,(H,32,35)/t24-,25?,26?,27-,28+/m0/s1. The van der Waals surface area contributed by atoms with Crippen LogP contribution in [0.1, 0.15) is 57.8 Å². The van der Waals surface area contributed by atoms with Crippen molar-refractivity contribution in [2.75, 3.05) is 17.3 Å². The molecule has 38 heavy (non-hydrogen) atoms. The van der Waals surface area contributed by atoms with Crippen LogP contribution < -0.4 is 5.32 Å². The molecule has 0 radical (unpaired) electrons. The summed E-state index contributed by atoms with van der Waals surface area (Å²) < 4.78 is 0. The molecule has 0 saturated carbocycles. The average molecular weight is 525 g/mol. The molecule has 192 valence electrons. The number of benzene rings is 3.